The predicted octanol–water partition coefficient (Wildman–Crippen LogP) is 3.61. The van der Waals surface area contributed by atoms with E-state index in [9.17, 15) is 4.79 Å². The molecule has 0 fully saturated rings. The van der Waals surface area contributed by atoms with Gasteiger partial charge in [-0.1, -0.05) is 6.07 Å². The Morgan fingerprint density at radius 1 is 1.08 bits per heavy atom. The molecule has 0 saturated heterocycles. The summed E-state index contributed by atoms with van der Waals surface area (Å²) in [5, 5.41) is 2.97. The quantitative estimate of drug-likeness (QED) is 0.786. The van der Waals surface area contributed by atoms with Crippen molar-refractivity contribution in [1.82, 2.24) is 15.2 Å². The van der Waals surface area contributed by atoms with Crippen molar-refractivity contribution in [3.05, 3.63) is 48.2 Å². The van der Waals surface area contributed by atoms with Crippen LogP contribution in [0.2, 0.25) is 0 Å². The second kappa shape index (κ2) is 9.34. The molecule has 2 aromatic rings. The average molecular weight is 355 g/mol. The third-order valence-electron chi connectivity index (χ3n) is 4.35. The molecule has 5 nitrogen and oxygen atoms in total. The van der Waals surface area contributed by atoms with Crippen LogP contribution in [0.25, 0.3) is 11.3 Å². The normalized spacial score (nSPS) is 11.2. The molecule has 0 bridgehead atoms. The van der Waals surface area contributed by atoms with E-state index in [1.54, 1.807) is 13.2 Å². The van der Waals surface area contributed by atoms with Gasteiger partial charge in [-0.2, -0.15) is 0 Å². The van der Waals surface area contributed by atoms with Gasteiger partial charge in [-0.05, 0) is 64.1 Å². The van der Waals surface area contributed by atoms with Gasteiger partial charge in [-0.25, -0.2) is 4.98 Å². The van der Waals surface area contributed by atoms with Gasteiger partial charge in [0, 0.05) is 30.7 Å². The Morgan fingerprint density at radius 3 is 2.31 bits per heavy atom. The van der Waals surface area contributed by atoms with Crippen LogP contribution in [0.15, 0.2) is 42.5 Å². The van der Waals surface area contributed by atoms with Gasteiger partial charge in [0.2, 0.25) is 0 Å². The van der Waals surface area contributed by atoms with Crippen molar-refractivity contribution in [2.75, 3.05) is 20.2 Å². The van der Waals surface area contributed by atoms with Gasteiger partial charge in [0.05, 0.1) is 12.8 Å². The van der Waals surface area contributed by atoms with Crippen molar-refractivity contribution in [2.45, 2.75) is 39.8 Å². The number of methoxy groups -OCH3 is 1. The molecule has 2 rings (SSSR count). The molecule has 5 heteroatoms. The zero-order chi connectivity index (χ0) is 19.1. The highest BCUT2D eigenvalue weighted by molar-refractivity contribution is 5.92. The van der Waals surface area contributed by atoms with Gasteiger partial charge in [-0.15, -0.1) is 0 Å². The van der Waals surface area contributed by atoms with E-state index in [4.69, 9.17) is 4.74 Å². The standard InChI is InChI=1S/C21H29N3O2/c1-15(2)24(16(3)4)14-13-22-21(25)20-8-6-7-19(23-20)17-9-11-18(26-5)12-10-17/h6-12,15-16H,13-14H2,1-5H3,(H,22,25). The number of hydrogen-bond acceptors (Lipinski definition) is 4. The Kier molecular flexibility index (Phi) is 7.16. The van der Waals surface area contributed by atoms with Gasteiger partial charge in [0.25, 0.3) is 5.91 Å². The summed E-state index contributed by atoms with van der Waals surface area (Å²) >= 11 is 0. The minimum atomic E-state index is -0.146. The third-order valence-corrected chi connectivity index (χ3v) is 4.35. The molecule has 0 aliphatic rings. The molecule has 1 aromatic heterocycles. The minimum Gasteiger partial charge on any atom is -0.497 e. The number of carbonyl (C=O) groups is 1. The first kappa shape index (κ1) is 19.9. The number of benzene rings is 1. The predicted molar refractivity (Wildman–Crippen MR) is 106 cm³/mol. The summed E-state index contributed by atoms with van der Waals surface area (Å²) in [6.07, 6.45) is 0. The smallest absolute Gasteiger partial charge is 0.269 e. The number of nitrogens with zero attached hydrogens (tertiary/aromatic N) is 2. The molecular formula is C21H29N3O2. The topological polar surface area (TPSA) is 54.5 Å². The SMILES string of the molecule is COc1ccc(-c2cccc(C(=O)NCCN(C(C)C)C(C)C)n2)cc1. The Bertz CT molecular complexity index is 703. The number of amides is 1. The lowest BCUT2D eigenvalue weighted by Gasteiger charge is -2.30. The van der Waals surface area contributed by atoms with Crippen LogP contribution in [0.5, 0.6) is 5.75 Å². The maximum Gasteiger partial charge on any atom is 0.269 e. The van der Waals surface area contributed by atoms with E-state index in [1.165, 1.54) is 0 Å². The second-order valence-electron chi connectivity index (χ2n) is 6.82. The Labute approximate surface area is 156 Å². The van der Waals surface area contributed by atoms with E-state index in [0.29, 0.717) is 24.3 Å². The van der Waals surface area contributed by atoms with Crippen LogP contribution in [-0.4, -0.2) is 48.1 Å². The number of pyridine rings is 1. The van der Waals surface area contributed by atoms with E-state index in [2.05, 4.69) is 42.9 Å². The maximum absolute atomic E-state index is 12.4. The first-order valence-corrected chi connectivity index (χ1v) is 9.07. The fourth-order valence-corrected chi connectivity index (χ4v) is 2.99. The lowest BCUT2D eigenvalue weighted by atomic mass is 10.1. The van der Waals surface area contributed by atoms with E-state index >= 15 is 0 Å². The van der Waals surface area contributed by atoms with Crippen LogP contribution in [0.4, 0.5) is 0 Å². The number of carbonyl (C=O) groups excluding carboxylic acids is 1. The summed E-state index contributed by atoms with van der Waals surface area (Å²) in [4.78, 5) is 19.3. The summed E-state index contributed by atoms with van der Waals surface area (Å²) in [6.45, 7) is 10.1. The number of hydrogen-bond donors (Lipinski definition) is 1. The summed E-state index contributed by atoms with van der Waals surface area (Å²) in [5.74, 6) is 0.648. The fourth-order valence-electron chi connectivity index (χ4n) is 2.99. The van der Waals surface area contributed by atoms with Crippen molar-refractivity contribution in [3.8, 4) is 17.0 Å². The summed E-state index contributed by atoms with van der Waals surface area (Å²) in [5.41, 5.74) is 2.15. The van der Waals surface area contributed by atoms with Crippen molar-refractivity contribution < 1.29 is 9.53 Å². The minimum absolute atomic E-state index is 0.146. The summed E-state index contributed by atoms with van der Waals surface area (Å²) in [7, 11) is 1.64. The molecule has 0 aliphatic heterocycles. The van der Waals surface area contributed by atoms with Crippen molar-refractivity contribution in [3.63, 3.8) is 0 Å². The molecule has 1 N–H and O–H groups in total. The highest BCUT2D eigenvalue weighted by atomic mass is 16.5. The maximum atomic E-state index is 12.4. The fraction of sp³-hybridized carbons (Fsp3) is 0.429. The number of rotatable bonds is 8. The van der Waals surface area contributed by atoms with E-state index in [-0.39, 0.29) is 5.91 Å². The van der Waals surface area contributed by atoms with Gasteiger partial charge in [-0.3, -0.25) is 9.69 Å². The largest absolute Gasteiger partial charge is 0.497 e. The molecule has 140 valence electrons. The van der Waals surface area contributed by atoms with Gasteiger partial charge in [0.15, 0.2) is 0 Å². The van der Waals surface area contributed by atoms with Crippen molar-refractivity contribution in [1.29, 1.82) is 0 Å². The lowest BCUT2D eigenvalue weighted by molar-refractivity contribution is 0.0934. The van der Waals surface area contributed by atoms with Gasteiger partial charge < -0.3 is 10.1 Å². The lowest BCUT2D eigenvalue weighted by Crippen LogP contribution is -2.42. The first-order valence-electron chi connectivity index (χ1n) is 9.07. The zero-order valence-electron chi connectivity index (χ0n) is 16.3. The molecule has 1 aromatic carbocycles. The van der Waals surface area contributed by atoms with E-state index in [1.807, 2.05) is 36.4 Å². The van der Waals surface area contributed by atoms with Gasteiger partial charge in [0.1, 0.15) is 11.4 Å². The molecule has 0 saturated carbocycles. The van der Waals surface area contributed by atoms with Crippen LogP contribution in [0.1, 0.15) is 38.2 Å². The van der Waals surface area contributed by atoms with Crippen molar-refractivity contribution in [2.24, 2.45) is 0 Å². The van der Waals surface area contributed by atoms with Gasteiger partial charge >= 0.3 is 0 Å². The molecule has 0 aliphatic carbocycles. The Hall–Kier alpha value is -2.40. The molecule has 0 atom stereocenters. The molecule has 1 heterocycles. The third kappa shape index (κ3) is 5.30. The molecule has 1 amide bonds. The molecular weight excluding hydrogens is 326 g/mol. The summed E-state index contributed by atoms with van der Waals surface area (Å²) in [6, 6.07) is 14.0. The van der Waals surface area contributed by atoms with E-state index in [0.717, 1.165) is 23.6 Å². The average Bonchev–Trinajstić information content (AvgIpc) is 2.64. The second-order valence-corrected chi connectivity index (χ2v) is 6.82. The van der Waals surface area contributed by atoms with E-state index < -0.39 is 0 Å². The number of aromatic nitrogens is 1. The highest BCUT2D eigenvalue weighted by Gasteiger charge is 2.14. The molecule has 26 heavy (non-hydrogen) atoms. The van der Waals surface area contributed by atoms with Crippen LogP contribution >= 0.6 is 0 Å². The molecule has 0 radical (unpaired) electrons. The first-order chi connectivity index (χ1) is 12.4. The number of ether oxygens (including phenoxy) is 1. The van der Waals surface area contributed by atoms with Crippen LogP contribution in [0.3, 0.4) is 0 Å². The number of nitrogens with one attached hydrogen (secondary N) is 1. The Balaban J connectivity index is 2.01. The molecule has 0 spiro atoms. The Morgan fingerprint density at radius 2 is 1.73 bits per heavy atom. The summed E-state index contributed by atoms with van der Waals surface area (Å²) < 4.78 is 5.18. The van der Waals surface area contributed by atoms with Crippen molar-refractivity contribution >= 4 is 5.91 Å². The zero-order valence-corrected chi connectivity index (χ0v) is 16.3. The van der Waals surface area contributed by atoms with Crippen LogP contribution in [-0.2, 0) is 0 Å². The van der Waals surface area contributed by atoms with Crippen LogP contribution < -0.4 is 10.1 Å². The monoisotopic (exact) mass is 355 g/mol. The molecule has 0 unspecified atom stereocenters. The van der Waals surface area contributed by atoms with Crippen LogP contribution in [0, 0.1) is 0 Å². The highest BCUT2D eigenvalue weighted by Crippen LogP contribution is 2.20.